The molecule has 9 heteroatoms. The van der Waals surface area contributed by atoms with Crippen molar-refractivity contribution in [1.82, 2.24) is 4.90 Å². The lowest BCUT2D eigenvalue weighted by Crippen LogP contribution is -2.29. The zero-order valence-corrected chi connectivity index (χ0v) is 18.0. The van der Waals surface area contributed by atoms with Crippen molar-refractivity contribution in [2.24, 2.45) is 5.73 Å². The number of thiophene rings is 1. The summed E-state index contributed by atoms with van der Waals surface area (Å²) in [6.07, 6.45) is 2.92. The summed E-state index contributed by atoms with van der Waals surface area (Å²) >= 11 is 20.4. The summed E-state index contributed by atoms with van der Waals surface area (Å²) in [5, 5.41) is 10.4. The maximum absolute atomic E-state index is 12.6. The Morgan fingerprint density at radius 3 is 2.81 bits per heavy atom. The molecular formula is C18H15Cl2N3OS3. The number of benzene rings is 1. The number of carbonyl (C=O) groups is 1. The number of hydrogen-bond acceptors (Lipinski definition) is 5. The normalized spacial score (nSPS) is 15.8. The maximum atomic E-state index is 12.6. The van der Waals surface area contributed by atoms with Gasteiger partial charge in [0.05, 0.1) is 10.7 Å². The van der Waals surface area contributed by atoms with Crippen molar-refractivity contribution < 1.29 is 4.79 Å². The van der Waals surface area contributed by atoms with Crippen LogP contribution in [0.5, 0.6) is 0 Å². The standard InChI is InChI=1S/C18H15Cl2N3OS3/c19-11-3-4-13(14(20)7-11)10-6-12(26-9-10)8-15-17(24)23(18(25)27-15)5-1-2-16(21)22/h3-4,6-9H,1-2,5H2,(H3,21,22)/b15-8-. The Hall–Kier alpha value is -1.38. The lowest BCUT2D eigenvalue weighted by molar-refractivity contribution is -0.122. The van der Waals surface area contributed by atoms with Crippen LogP contribution in [0.4, 0.5) is 0 Å². The van der Waals surface area contributed by atoms with Crippen LogP contribution in [-0.2, 0) is 4.79 Å². The molecule has 0 unspecified atom stereocenters. The molecule has 0 atom stereocenters. The molecule has 1 saturated heterocycles. The smallest absolute Gasteiger partial charge is 0.266 e. The summed E-state index contributed by atoms with van der Waals surface area (Å²) in [6.45, 7) is 0.470. The van der Waals surface area contributed by atoms with E-state index >= 15 is 0 Å². The zero-order chi connectivity index (χ0) is 19.6. The highest BCUT2D eigenvalue weighted by molar-refractivity contribution is 8.26. The van der Waals surface area contributed by atoms with E-state index in [1.807, 2.05) is 23.6 Å². The van der Waals surface area contributed by atoms with Gasteiger partial charge in [-0.3, -0.25) is 15.1 Å². The van der Waals surface area contributed by atoms with Gasteiger partial charge in [-0.05, 0) is 41.6 Å². The van der Waals surface area contributed by atoms with Crippen LogP contribution in [0.1, 0.15) is 17.7 Å². The molecule has 2 aromatic rings. The number of hydrogen-bond donors (Lipinski definition) is 2. The Bertz CT molecular complexity index is 955. The summed E-state index contributed by atoms with van der Waals surface area (Å²) in [5.74, 6) is 0.0102. The molecule has 1 aliphatic rings. The number of nitrogens with two attached hydrogens (primary N) is 1. The van der Waals surface area contributed by atoms with E-state index in [9.17, 15) is 4.79 Å². The Balaban J connectivity index is 1.75. The van der Waals surface area contributed by atoms with E-state index in [0.29, 0.717) is 38.7 Å². The van der Waals surface area contributed by atoms with Gasteiger partial charge in [0.25, 0.3) is 5.91 Å². The highest BCUT2D eigenvalue weighted by atomic mass is 35.5. The molecule has 1 aromatic heterocycles. The van der Waals surface area contributed by atoms with Gasteiger partial charge >= 0.3 is 0 Å². The molecule has 1 aromatic carbocycles. The number of halogens is 2. The van der Waals surface area contributed by atoms with Crippen LogP contribution in [0.25, 0.3) is 17.2 Å². The highest BCUT2D eigenvalue weighted by Gasteiger charge is 2.31. The molecule has 1 fully saturated rings. The number of nitrogens with zero attached hydrogens (tertiary/aromatic N) is 1. The summed E-state index contributed by atoms with van der Waals surface area (Å²) in [5.41, 5.74) is 7.23. The predicted molar refractivity (Wildman–Crippen MR) is 121 cm³/mol. The van der Waals surface area contributed by atoms with Crippen LogP contribution in [-0.4, -0.2) is 27.5 Å². The fourth-order valence-corrected chi connectivity index (χ4v) is 5.27. The van der Waals surface area contributed by atoms with Crippen molar-refractivity contribution in [2.75, 3.05) is 6.54 Å². The van der Waals surface area contributed by atoms with Gasteiger partial charge in [0, 0.05) is 33.5 Å². The molecule has 0 radical (unpaired) electrons. The number of thioether (sulfide) groups is 1. The number of rotatable bonds is 6. The lowest BCUT2D eigenvalue weighted by atomic mass is 10.1. The third-order valence-corrected chi connectivity index (χ3v) is 6.64. The number of carbonyl (C=O) groups excluding carboxylic acids is 1. The van der Waals surface area contributed by atoms with Crippen LogP contribution in [0.2, 0.25) is 10.0 Å². The van der Waals surface area contributed by atoms with E-state index in [2.05, 4.69) is 0 Å². The predicted octanol–water partition coefficient (Wildman–Crippen LogP) is 5.64. The van der Waals surface area contributed by atoms with Gasteiger partial charge in [-0.1, -0.05) is 53.2 Å². The fraction of sp³-hybridized carbons (Fsp3) is 0.167. The minimum atomic E-state index is -0.104. The first kappa shape index (κ1) is 20.4. The van der Waals surface area contributed by atoms with Crippen LogP contribution in [0.3, 0.4) is 0 Å². The van der Waals surface area contributed by atoms with Gasteiger partial charge in [-0.15, -0.1) is 11.3 Å². The van der Waals surface area contributed by atoms with Crippen LogP contribution in [0.15, 0.2) is 34.6 Å². The van der Waals surface area contributed by atoms with Crippen molar-refractivity contribution in [3.63, 3.8) is 0 Å². The number of thiocarbonyl (C=S) groups is 1. The minimum absolute atomic E-state index is 0.104. The molecule has 1 aliphatic heterocycles. The number of amidine groups is 1. The van der Waals surface area contributed by atoms with Gasteiger partial charge in [-0.25, -0.2) is 0 Å². The summed E-state index contributed by atoms with van der Waals surface area (Å²) in [6, 6.07) is 7.38. The topological polar surface area (TPSA) is 70.2 Å². The Morgan fingerprint density at radius 1 is 1.33 bits per heavy atom. The molecule has 2 heterocycles. The first-order chi connectivity index (χ1) is 12.8. The van der Waals surface area contributed by atoms with E-state index in [0.717, 1.165) is 16.0 Å². The molecule has 3 N–H and O–H groups in total. The van der Waals surface area contributed by atoms with Gasteiger partial charge in [0.1, 0.15) is 4.32 Å². The first-order valence-electron chi connectivity index (χ1n) is 7.97. The number of nitrogens with one attached hydrogen (secondary N) is 1. The van der Waals surface area contributed by atoms with Crippen molar-refractivity contribution in [1.29, 1.82) is 5.41 Å². The first-order valence-corrected chi connectivity index (χ1v) is 10.8. The summed E-state index contributed by atoms with van der Waals surface area (Å²) in [4.78, 5) is 15.7. The average molecular weight is 456 g/mol. The second-order valence-electron chi connectivity index (χ2n) is 5.82. The van der Waals surface area contributed by atoms with E-state index in [1.54, 1.807) is 17.0 Å². The van der Waals surface area contributed by atoms with Gasteiger partial charge in [0.2, 0.25) is 0 Å². The zero-order valence-electron chi connectivity index (χ0n) is 14.0. The van der Waals surface area contributed by atoms with Crippen molar-refractivity contribution in [3.8, 4) is 11.1 Å². The summed E-state index contributed by atoms with van der Waals surface area (Å²) in [7, 11) is 0. The molecule has 27 heavy (non-hydrogen) atoms. The monoisotopic (exact) mass is 455 g/mol. The quantitative estimate of drug-likeness (QED) is 0.256. The number of amides is 1. The van der Waals surface area contributed by atoms with Gasteiger partial charge < -0.3 is 5.73 Å². The van der Waals surface area contributed by atoms with Crippen molar-refractivity contribution >= 4 is 80.7 Å². The van der Waals surface area contributed by atoms with E-state index < -0.39 is 0 Å². The fourth-order valence-electron chi connectivity index (χ4n) is 2.54. The van der Waals surface area contributed by atoms with Crippen LogP contribution < -0.4 is 5.73 Å². The average Bonchev–Trinajstić information content (AvgIpc) is 3.15. The Morgan fingerprint density at radius 2 is 2.11 bits per heavy atom. The van der Waals surface area contributed by atoms with Crippen LogP contribution in [0, 0.1) is 5.41 Å². The van der Waals surface area contributed by atoms with Crippen molar-refractivity contribution in [3.05, 3.63) is 49.5 Å². The highest BCUT2D eigenvalue weighted by Crippen LogP contribution is 2.37. The second-order valence-corrected chi connectivity index (χ2v) is 9.29. The third kappa shape index (κ3) is 4.92. The van der Waals surface area contributed by atoms with Crippen molar-refractivity contribution in [2.45, 2.75) is 12.8 Å². The lowest BCUT2D eigenvalue weighted by Gasteiger charge is -2.13. The molecule has 0 spiro atoms. The second kappa shape index (κ2) is 8.75. The Labute approximate surface area is 180 Å². The molecule has 3 rings (SSSR count). The molecule has 140 valence electrons. The molecule has 4 nitrogen and oxygen atoms in total. The molecular weight excluding hydrogens is 441 g/mol. The SMILES string of the molecule is N=C(N)CCCN1C(=O)/C(=C/c2cc(-c3ccc(Cl)cc3Cl)cs2)SC1=S. The maximum Gasteiger partial charge on any atom is 0.266 e. The summed E-state index contributed by atoms with van der Waals surface area (Å²) < 4.78 is 0.535. The minimum Gasteiger partial charge on any atom is -0.388 e. The third-order valence-electron chi connectivity index (χ3n) is 3.84. The largest absolute Gasteiger partial charge is 0.388 e. The molecule has 0 aliphatic carbocycles. The molecule has 0 bridgehead atoms. The van der Waals surface area contributed by atoms with Gasteiger partial charge in [-0.2, -0.15) is 0 Å². The van der Waals surface area contributed by atoms with E-state index in [-0.39, 0.29) is 11.7 Å². The van der Waals surface area contributed by atoms with E-state index in [1.165, 1.54) is 23.1 Å². The van der Waals surface area contributed by atoms with Gasteiger partial charge in [0.15, 0.2) is 0 Å². The Kier molecular flexibility index (Phi) is 6.60. The molecule has 0 saturated carbocycles. The van der Waals surface area contributed by atoms with Crippen LogP contribution >= 0.6 is 58.5 Å². The molecule has 1 amide bonds. The van der Waals surface area contributed by atoms with E-state index in [4.69, 9.17) is 46.6 Å².